The lowest BCUT2D eigenvalue weighted by Gasteiger charge is -2.21. The number of thiophene rings is 1. The zero-order chi connectivity index (χ0) is 20.6. The average Bonchev–Trinajstić information content (AvgIpc) is 2.92. The molecular weight excluding hydrogens is 386 g/mol. The predicted octanol–water partition coefficient (Wildman–Crippen LogP) is 3.38. The number of nitrogens with one attached hydrogen (secondary N) is 1. The third-order valence-electron chi connectivity index (χ3n) is 4.94. The van der Waals surface area contributed by atoms with Gasteiger partial charge in [0.05, 0.1) is 18.2 Å². The summed E-state index contributed by atoms with van der Waals surface area (Å²) in [5.74, 6) is -0.375. The Hall–Kier alpha value is -2.22. The molecule has 6 nitrogen and oxygen atoms in total. The van der Waals surface area contributed by atoms with E-state index in [1.54, 1.807) is 6.92 Å². The third-order valence-corrected chi connectivity index (χ3v) is 6.07. The summed E-state index contributed by atoms with van der Waals surface area (Å²) in [5, 5.41) is 3.63. The van der Waals surface area contributed by atoms with Crippen LogP contribution in [0.25, 0.3) is 0 Å². The van der Waals surface area contributed by atoms with Crippen molar-refractivity contribution in [3.8, 4) is 0 Å². The van der Waals surface area contributed by atoms with Crippen molar-refractivity contribution in [2.24, 2.45) is 0 Å². The monoisotopic (exact) mass is 415 g/mol. The Morgan fingerprint density at radius 3 is 2.59 bits per heavy atom. The fourth-order valence-electron chi connectivity index (χ4n) is 3.51. The largest absolute Gasteiger partial charge is 0.462 e. The van der Waals surface area contributed by atoms with Crippen molar-refractivity contribution >= 4 is 28.2 Å². The second-order valence-electron chi connectivity index (χ2n) is 7.28. The summed E-state index contributed by atoms with van der Waals surface area (Å²) in [7, 11) is 0. The van der Waals surface area contributed by atoms with E-state index in [0.29, 0.717) is 23.0 Å². The molecule has 7 heteroatoms. The van der Waals surface area contributed by atoms with E-state index in [0.717, 1.165) is 44.7 Å². The number of hydrogen-bond donors (Lipinski definition) is 1. The van der Waals surface area contributed by atoms with Crippen molar-refractivity contribution in [1.29, 1.82) is 0 Å². The average molecular weight is 416 g/mol. The van der Waals surface area contributed by atoms with Gasteiger partial charge >= 0.3 is 5.97 Å². The van der Waals surface area contributed by atoms with Crippen LogP contribution in [0.1, 0.15) is 34.1 Å². The summed E-state index contributed by atoms with van der Waals surface area (Å²) in [6, 6.07) is 12.3. The van der Waals surface area contributed by atoms with Crippen LogP contribution in [0, 0.1) is 6.92 Å². The lowest BCUT2D eigenvalue weighted by Crippen LogP contribution is -2.36. The first-order valence-electron chi connectivity index (χ1n) is 10.1. The molecule has 156 valence electrons. The van der Waals surface area contributed by atoms with E-state index >= 15 is 0 Å². The van der Waals surface area contributed by atoms with Crippen molar-refractivity contribution in [3.05, 3.63) is 52.4 Å². The molecule has 1 aromatic heterocycles. The molecule has 2 aromatic rings. The minimum atomic E-state index is -0.332. The van der Waals surface area contributed by atoms with Crippen LogP contribution in [0.2, 0.25) is 0 Å². The van der Waals surface area contributed by atoms with Crippen molar-refractivity contribution in [1.82, 2.24) is 9.80 Å². The van der Waals surface area contributed by atoms with Gasteiger partial charge < -0.3 is 10.1 Å². The van der Waals surface area contributed by atoms with Crippen LogP contribution < -0.4 is 5.32 Å². The molecule has 1 aromatic carbocycles. The first-order valence-corrected chi connectivity index (χ1v) is 10.9. The minimum absolute atomic E-state index is 0.0434. The highest BCUT2D eigenvalue weighted by atomic mass is 32.1. The minimum Gasteiger partial charge on any atom is -0.462 e. The van der Waals surface area contributed by atoms with E-state index in [2.05, 4.69) is 39.4 Å². The Morgan fingerprint density at radius 1 is 1.10 bits per heavy atom. The van der Waals surface area contributed by atoms with E-state index in [-0.39, 0.29) is 11.9 Å². The molecule has 1 saturated heterocycles. The molecule has 1 aliphatic rings. The van der Waals surface area contributed by atoms with Gasteiger partial charge in [0, 0.05) is 19.6 Å². The number of esters is 1. The number of anilines is 1. The van der Waals surface area contributed by atoms with Gasteiger partial charge in [-0.3, -0.25) is 14.6 Å². The number of benzene rings is 1. The summed E-state index contributed by atoms with van der Waals surface area (Å²) in [6.07, 6.45) is 1.05. The van der Waals surface area contributed by atoms with Gasteiger partial charge in [0.25, 0.3) is 0 Å². The van der Waals surface area contributed by atoms with Crippen LogP contribution in [0.4, 0.5) is 5.00 Å². The maximum Gasteiger partial charge on any atom is 0.348 e. The number of nitrogens with zero attached hydrogens (tertiary/aromatic N) is 2. The number of hydrogen-bond acceptors (Lipinski definition) is 6. The van der Waals surface area contributed by atoms with Gasteiger partial charge in [-0.25, -0.2) is 4.79 Å². The van der Waals surface area contributed by atoms with Crippen molar-refractivity contribution in [2.75, 3.05) is 44.6 Å². The Morgan fingerprint density at radius 2 is 1.83 bits per heavy atom. The fraction of sp³-hybridized carbons (Fsp3) is 0.455. The van der Waals surface area contributed by atoms with Crippen molar-refractivity contribution in [3.63, 3.8) is 0 Å². The molecule has 29 heavy (non-hydrogen) atoms. The van der Waals surface area contributed by atoms with Gasteiger partial charge in [0.2, 0.25) is 5.91 Å². The van der Waals surface area contributed by atoms with E-state index in [1.165, 1.54) is 16.9 Å². The third kappa shape index (κ3) is 6.39. The standard InChI is InChI=1S/C22H29N3O3S/c1-3-28-22(27)21-17(2)14-20(29-21)23-19(26)16-25-11-7-10-24(12-13-25)15-18-8-5-4-6-9-18/h4-6,8-9,14H,3,7,10-13,15-16H2,1-2H3,(H,23,26). The first kappa shape index (κ1) is 21.5. The summed E-state index contributed by atoms with van der Waals surface area (Å²) in [6.45, 7) is 9.08. The number of carbonyl (C=O) groups is 2. The molecule has 3 rings (SSSR count). The maximum atomic E-state index is 12.5. The van der Waals surface area contributed by atoms with Crippen molar-refractivity contribution < 1.29 is 14.3 Å². The Bertz CT molecular complexity index is 822. The topological polar surface area (TPSA) is 61.9 Å². The van der Waals surface area contributed by atoms with Crippen LogP contribution in [0.15, 0.2) is 36.4 Å². The Kier molecular flexibility index (Phi) is 7.80. The summed E-state index contributed by atoms with van der Waals surface area (Å²) in [5.41, 5.74) is 2.15. The molecule has 2 heterocycles. The highest BCUT2D eigenvalue weighted by Crippen LogP contribution is 2.27. The van der Waals surface area contributed by atoms with Crippen molar-refractivity contribution in [2.45, 2.75) is 26.8 Å². The van der Waals surface area contributed by atoms with Gasteiger partial charge in [-0.15, -0.1) is 11.3 Å². The van der Waals surface area contributed by atoms with E-state index in [9.17, 15) is 9.59 Å². The van der Waals surface area contributed by atoms with Gasteiger partial charge in [0.15, 0.2) is 0 Å². The van der Waals surface area contributed by atoms with Gasteiger partial charge in [0.1, 0.15) is 4.88 Å². The molecule has 0 aliphatic carbocycles. The molecule has 0 radical (unpaired) electrons. The smallest absolute Gasteiger partial charge is 0.348 e. The zero-order valence-corrected chi connectivity index (χ0v) is 18.0. The Balaban J connectivity index is 1.48. The highest BCUT2D eigenvalue weighted by molar-refractivity contribution is 7.18. The molecule has 0 spiro atoms. The molecule has 1 amide bonds. The van der Waals surface area contributed by atoms with E-state index in [4.69, 9.17) is 4.74 Å². The molecule has 0 unspecified atom stereocenters. The van der Waals surface area contributed by atoms with Gasteiger partial charge in [-0.05, 0) is 50.6 Å². The molecule has 0 atom stereocenters. The second-order valence-corrected chi connectivity index (χ2v) is 8.34. The number of ether oxygens (including phenoxy) is 1. The van der Waals surface area contributed by atoms with Crippen LogP contribution in [-0.4, -0.2) is 61.0 Å². The van der Waals surface area contributed by atoms with Crippen LogP contribution in [0.3, 0.4) is 0 Å². The summed E-state index contributed by atoms with van der Waals surface area (Å²) < 4.78 is 5.06. The molecule has 0 saturated carbocycles. The predicted molar refractivity (Wildman–Crippen MR) is 116 cm³/mol. The van der Waals surface area contributed by atoms with E-state index in [1.807, 2.05) is 19.1 Å². The second kappa shape index (κ2) is 10.5. The van der Waals surface area contributed by atoms with Gasteiger partial charge in [-0.1, -0.05) is 30.3 Å². The number of aryl methyl sites for hydroxylation is 1. The fourth-order valence-corrected chi connectivity index (χ4v) is 4.49. The van der Waals surface area contributed by atoms with Gasteiger partial charge in [-0.2, -0.15) is 0 Å². The lowest BCUT2D eigenvalue weighted by molar-refractivity contribution is -0.117. The Labute approximate surface area is 176 Å². The number of carbonyl (C=O) groups excluding carboxylic acids is 2. The van der Waals surface area contributed by atoms with Crippen LogP contribution in [0.5, 0.6) is 0 Å². The molecule has 1 fully saturated rings. The first-order chi connectivity index (χ1) is 14.0. The summed E-state index contributed by atoms with van der Waals surface area (Å²) in [4.78, 5) is 29.6. The lowest BCUT2D eigenvalue weighted by atomic mass is 10.2. The SMILES string of the molecule is CCOC(=O)c1sc(NC(=O)CN2CCCN(Cc3ccccc3)CC2)cc1C. The molecule has 1 N–H and O–H groups in total. The summed E-state index contributed by atoms with van der Waals surface area (Å²) >= 11 is 1.27. The molecule has 1 aliphatic heterocycles. The maximum absolute atomic E-state index is 12.5. The zero-order valence-electron chi connectivity index (χ0n) is 17.1. The molecule has 0 bridgehead atoms. The van der Waals surface area contributed by atoms with Crippen LogP contribution in [-0.2, 0) is 16.1 Å². The van der Waals surface area contributed by atoms with E-state index < -0.39 is 0 Å². The number of rotatable bonds is 7. The highest BCUT2D eigenvalue weighted by Gasteiger charge is 2.19. The molecular formula is C22H29N3O3S. The van der Waals surface area contributed by atoms with Crippen LogP contribution >= 0.6 is 11.3 Å². The number of amides is 1. The normalized spacial score (nSPS) is 15.7. The quantitative estimate of drug-likeness (QED) is 0.703.